The van der Waals surface area contributed by atoms with Gasteiger partial charge in [0, 0.05) is 5.92 Å². The molecule has 0 bridgehead atoms. The number of H-pyrrole nitrogens is 1. The molecule has 2 fully saturated rings. The van der Waals surface area contributed by atoms with Crippen LogP contribution in [0.4, 0.5) is 9.18 Å². The fourth-order valence-corrected chi connectivity index (χ4v) is 4.75. The molecule has 1 amide bonds. The van der Waals surface area contributed by atoms with Crippen LogP contribution in [0, 0.1) is 17.7 Å². The third kappa shape index (κ3) is 4.57. The van der Waals surface area contributed by atoms with Gasteiger partial charge in [-0.2, -0.15) is 0 Å². The van der Waals surface area contributed by atoms with Gasteiger partial charge in [0.15, 0.2) is 5.82 Å². The summed E-state index contributed by atoms with van der Waals surface area (Å²) < 4.78 is 26.2. The van der Waals surface area contributed by atoms with Crippen LogP contribution in [-0.4, -0.2) is 46.0 Å². The van der Waals surface area contributed by atoms with Crippen LogP contribution >= 0.6 is 0 Å². The number of benzene rings is 1. The fourth-order valence-electron chi connectivity index (χ4n) is 4.75. The summed E-state index contributed by atoms with van der Waals surface area (Å²) in [6.45, 7) is 5.61. The molecule has 1 aliphatic heterocycles. The predicted molar refractivity (Wildman–Crippen MR) is 115 cm³/mol. The van der Waals surface area contributed by atoms with E-state index in [0.29, 0.717) is 11.3 Å². The molecule has 0 radical (unpaired) electrons. The van der Waals surface area contributed by atoms with E-state index in [1.165, 1.54) is 0 Å². The number of halogens is 1. The molecule has 1 aliphatic carbocycles. The molecule has 9 heteroatoms. The van der Waals surface area contributed by atoms with Crippen molar-refractivity contribution in [1.82, 2.24) is 15.3 Å². The number of carboxylic acid groups (broad SMARTS) is 1. The van der Waals surface area contributed by atoms with E-state index in [-0.39, 0.29) is 30.2 Å². The summed E-state index contributed by atoms with van der Waals surface area (Å²) in [6.07, 6.45) is 3.46. The number of hydrogen-bond donors (Lipinski definition) is 3. The highest BCUT2D eigenvalue weighted by Crippen LogP contribution is 2.38. The van der Waals surface area contributed by atoms with Crippen molar-refractivity contribution in [3.63, 3.8) is 0 Å². The van der Waals surface area contributed by atoms with Crippen LogP contribution in [0.3, 0.4) is 0 Å². The van der Waals surface area contributed by atoms with Crippen molar-refractivity contribution < 1.29 is 28.6 Å². The van der Waals surface area contributed by atoms with E-state index in [2.05, 4.69) is 15.3 Å². The third-order valence-electron chi connectivity index (χ3n) is 6.28. The number of aromatic amines is 1. The topological polar surface area (TPSA) is 114 Å². The van der Waals surface area contributed by atoms with Crippen molar-refractivity contribution in [2.45, 2.75) is 64.0 Å². The van der Waals surface area contributed by atoms with Crippen LogP contribution in [0.1, 0.15) is 69.8 Å². The Kier molecular flexibility index (Phi) is 6.11. The Bertz CT molecular complexity index is 1010. The van der Waals surface area contributed by atoms with E-state index in [9.17, 15) is 14.7 Å². The minimum atomic E-state index is -1.00. The van der Waals surface area contributed by atoms with Gasteiger partial charge >= 0.3 is 12.1 Å². The molecule has 2 aromatic rings. The number of aromatic nitrogens is 2. The summed E-state index contributed by atoms with van der Waals surface area (Å²) in [5.41, 5.74) is 0.296. The number of imidazole rings is 1. The summed E-state index contributed by atoms with van der Waals surface area (Å²) >= 11 is 0. The highest BCUT2D eigenvalue weighted by Gasteiger charge is 2.38. The zero-order valence-corrected chi connectivity index (χ0v) is 18.6. The molecule has 8 nitrogen and oxygen atoms in total. The summed E-state index contributed by atoms with van der Waals surface area (Å²) in [5, 5.41) is 12.4. The minimum Gasteiger partial charge on any atom is -0.481 e. The standard InChI is InChI=1S/C23H30FN3O5/c1-23(2,3)32-22(30)27-18(12-6-4-5-7-12)20-25-16-9-8-13(17(24)19(16)26-20)14-10-31-11-15(14)21(28)29/h8-9,12,14-15,18H,4-7,10-11H2,1-3H3,(H,25,26)(H,27,30)(H,28,29). The minimum absolute atomic E-state index is 0.0624. The molecular formula is C23H30FN3O5. The van der Waals surface area contributed by atoms with Gasteiger partial charge in [0.25, 0.3) is 0 Å². The number of nitrogens with one attached hydrogen (secondary N) is 2. The lowest BCUT2D eigenvalue weighted by Crippen LogP contribution is -2.37. The number of nitrogens with zero attached hydrogens (tertiary/aromatic N) is 1. The first-order valence-corrected chi connectivity index (χ1v) is 11.1. The smallest absolute Gasteiger partial charge is 0.408 e. The van der Waals surface area contributed by atoms with E-state index < -0.39 is 41.4 Å². The van der Waals surface area contributed by atoms with Gasteiger partial charge in [0.05, 0.1) is 30.7 Å². The summed E-state index contributed by atoms with van der Waals surface area (Å²) in [4.78, 5) is 31.7. The van der Waals surface area contributed by atoms with Gasteiger partial charge in [-0.05, 0) is 51.2 Å². The summed E-state index contributed by atoms with van der Waals surface area (Å²) in [5.74, 6) is -2.26. The SMILES string of the molecule is CC(C)(C)OC(=O)NC(c1nc2c(F)c(C3COCC3C(=O)O)ccc2[nH]1)C1CCCC1. The quantitative estimate of drug-likeness (QED) is 0.631. The van der Waals surface area contributed by atoms with E-state index in [1.54, 1.807) is 32.9 Å². The van der Waals surface area contributed by atoms with Crippen molar-refractivity contribution in [2.75, 3.05) is 13.2 Å². The van der Waals surface area contributed by atoms with Crippen LogP contribution < -0.4 is 5.32 Å². The van der Waals surface area contributed by atoms with Crippen molar-refractivity contribution >= 4 is 23.1 Å². The Labute approximate surface area is 185 Å². The highest BCUT2D eigenvalue weighted by molar-refractivity contribution is 5.78. The van der Waals surface area contributed by atoms with Gasteiger partial charge in [-0.15, -0.1) is 0 Å². The second kappa shape index (κ2) is 8.69. The van der Waals surface area contributed by atoms with Crippen molar-refractivity contribution in [3.05, 3.63) is 29.3 Å². The number of rotatable bonds is 5. The molecule has 3 N–H and O–H groups in total. The number of hydrogen-bond acceptors (Lipinski definition) is 5. The Hall–Kier alpha value is -2.68. The fraction of sp³-hybridized carbons (Fsp3) is 0.609. The van der Waals surface area contributed by atoms with Crippen molar-refractivity contribution in [1.29, 1.82) is 0 Å². The van der Waals surface area contributed by atoms with E-state index in [4.69, 9.17) is 9.47 Å². The maximum atomic E-state index is 15.5. The largest absolute Gasteiger partial charge is 0.481 e. The van der Waals surface area contributed by atoms with Gasteiger partial charge in [0.2, 0.25) is 0 Å². The summed E-state index contributed by atoms with van der Waals surface area (Å²) in [7, 11) is 0. The maximum Gasteiger partial charge on any atom is 0.408 e. The molecule has 4 rings (SSSR count). The lowest BCUT2D eigenvalue weighted by Gasteiger charge is -2.26. The van der Waals surface area contributed by atoms with E-state index in [1.807, 2.05) is 0 Å². The zero-order valence-electron chi connectivity index (χ0n) is 18.6. The first-order chi connectivity index (χ1) is 15.1. The van der Waals surface area contributed by atoms with Gasteiger partial charge in [-0.3, -0.25) is 4.79 Å². The Morgan fingerprint density at radius 1 is 1.28 bits per heavy atom. The number of carbonyl (C=O) groups excluding carboxylic acids is 1. The second-order valence-electron chi connectivity index (χ2n) is 9.74. The number of fused-ring (bicyclic) bond motifs is 1. The molecule has 2 aliphatic rings. The normalized spacial score (nSPS) is 22.9. The molecule has 1 saturated carbocycles. The summed E-state index contributed by atoms with van der Waals surface area (Å²) in [6, 6.07) is 2.88. The number of alkyl carbamates (subject to hydrolysis) is 1. The molecule has 3 unspecified atom stereocenters. The highest BCUT2D eigenvalue weighted by atomic mass is 19.1. The lowest BCUT2D eigenvalue weighted by molar-refractivity contribution is -0.142. The number of aliphatic carboxylic acids is 1. The van der Waals surface area contributed by atoms with E-state index in [0.717, 1.165) is 25.7 Å². The van der Waals surface area contributed by atoms with Crippen LogP contribution in [0.2, 0.25) is 0 Å². The number of carboxylic acids is 1. The monoisotopic (exact) mass is 447 g/mol. The first kappa shape index (κ1) is 22.5. The molecule has 1 saturated heterocycles. The second-order valence-corrected chi connectivity index (χ2v) is 9.74. The average Bonchev–Trinajstić information content (AvgIpc) is 3.44. The zero-order chi connectivity index (χ0) is 23.0. The average molecular weight is 448 g/mol. The van der Waals surface area contributed by atoms with Gasteiger partial charge in [0.1, 0.15) is 16.9 Å². The van der Waals surface area contributed by atoms with Crippen LogP contribution in [-0.2, 0) is 14.3 Å². The Morgan fingerprint density at radius 2 is 2.00 bits per heavy atom. The Balaban J connectivity index is 1.66. The van der Waals surface area contributed by atoms with Crippen molar-refractivity contribution in [2.24, 2.45) is 11.8 Å². The number of amides is 1. The van der Waals surface area contributed by atoms with E-state index >= 15 is 4.39 Å². The molecule has 174 valence electrons. The molecular weight excluding hydrogens is 417 g/mol. The van der Waals surface area contributed by atoms with Gasteiger partial charge in [-0.25, -0.2) is 14.2 Å². The molecule has 0 spiro atoms. The maximum absolute atomic E-state index is 15.5. The van der Waals surface area contributed by atoms with Crippen LogP contribution in [0.15, 0.2) is 12.1 Å². The van der Waals surface area contributed by atoms with Crippen molar-refractivity contribution in [3.8, 4) is 0 Å². The molecule has 1 aromatic carbocycles. The van der Waals surface area contributed by atoms with Gasteiger partial charge in [-0.1, -0.05) is 18.9 Å². The number of ether oxygens (including phenoxy) is 2. The third-order valence-corrected chi connectivity index (χ3v) is 6.28. The molecule has 32 heavy (non-hydrogen) atoms. The predicted octanol–water partition coefficient (Wildman–Crippen LogP) is 4.27. The molecule has 2 heterocycles. The molecule has 1 aromatic heterocycles. The molecule has 3 atom stereocenters. The Morgan fingerprint density at radius 3 is 2.66 bits per heavy atom. The van der Waals surface area contributed by atoms with Crippen LogP contribution in [0.25, 0.3) is 11.0 Å². The first-order valence-electron chi connectivity index (χ1n) is 11.1. The lowest BCUT2D eigenvalue weighted by atomic mass is 9.88. The number of carbonyl (C=O) groups is 2. The van der Waals surface area contributed by atoms with Crippen LogP contribution in [0.5, 0.6) is 0 Å². The van der Waals surface area contributed by atoms with Gasteiger partial charge < -0.3 is 24.9 Å².